The van der Waals surface area contributed by atoms with Crippen LogP contribution < -0.4 is 16.2 Å². The van der Waals surface area contributed by atoms with Gasteiger partial charge in [0.15, 0.2) is 5.82 Å². The minimum atomic E-state index is -0.385. The van der Waals surface area contributed by atoms with Gasteiger partial charge in [-0.05, 0) is 29.5 Å². The van der Waals surface area contributed by atoms with Gasteiger partial charge in [-0.15, -0.1) is 0 Å². The molecule has 0 saturated carbocycles. The fourth-order valence-corrected chi connectivity index (χ4v) is 2.69. The van der Waals surface area contributed by atoms with Crippen molar-refractivity contribution in [1.29, 1.82) is 0 Å². The molecule has 0 saturated heterocycles. The van der Waals surface area contributed by atoms with E-state index in [2.05, 4.69) is 9.98 Å². The molecule has 3 aromatic rings. The summed E-state index contributed by atoms with van der Waals surface area (Å²) in [5, 5.41) is 2.37. The van der Waals surface area contributed by atoms with Crippen LogP contribution in [-0.4, -0.2) is 21.9 Å². The summed E-state index contributed by atoms with van der Waals surface area (Å²) in [6.07, 6.45) is 9.12. The maximum Gasteiger partial charge on any atom is 0.153 e. The van der Waals surface area contributed by atoms with E-state index in [9.17, 15) is 4.39 Å². The molecule has 4 rings (SSSR count). The van der Waals surface area contributed by atoms with Crippen LogP contribution in [0.25, 0.3) is 23.1 Å². The Hall–Kier alpha value is -2.95. The number of nitrogens with zero attached hydrogens (tertiary/aromatic N) is 3. The SMILES string of the molecule is Nc1ccc2c(c1F)=CCN=C(n1ccc3ccncc31)C=2. The highest BCUT2D eigenvalue weighted by atomic mass is 19.1. The van der Waals surface area contributed by atoms with E-state index in [0.717, 1.165) is 22.0 Å². The molecule has 0 fully saturated rings. The number of fused-ring (bicyclic) bond motifs is 2. The first-order valence-corrected chi connectivity index (χ1v) is 6.96. The van der Waals surface area contributed by atoms with Crippen LogP contribution in [-0.2, 0) is 0 Å². The van der Waals surface area contributed by atoms with Crippen molar-refractivity contribution in [2.45, 2.75) is 0 Å². The third kappa shape index (κ3) is 1.90. The summed E-state index contributed by atoms with van der Waals surface area (Å²) in [6.45, 7) is 0.402. The second-order valence-corrected chi connectivity index (χ2v) is 5.14. The highest BCUT2D eigenvalue weighted by Crippen LogP contribution is 2.14. The van der Waals surface area contributed by atoms with Gasteiger partial charge in [0.25, 0.3) is 0 Å². The first kappa shape index (κ1) is 12.8. The Balaban J connectivity index is 1.95. The third-order valence-electron chi connectivity index (χ3n) is 3.82. The Labute approximate surface area is 125 Å². The van der Waals surface area contributed by atoms with Crippen molar-refractivity contribution in [3.05, 3.63) is 59.1 Å². The summed E-state index contributed by atoms with van der Waals surface area (Å²) in [4.78, 5) is 8.69. The number of halogens is 1. The van der Waals surface area contributed by atoms with Crippen molar-refractivity contribution in [3.63, 3.8) is 0 Å². The van der Waals surface area contributed by atoms with Crippen LogP contribution in [0.15, 0.2) is 47.8 Å². The number of rotatable bonds is 0. The van der Waals surface area contributed by atoms with Gasteiger partial charge in [0.1, 0.15) is 5.84 Å². The molecule has 1 aromatic carbocycles. The highest BCUT2D eigenvalue weighted by molar-refractivity contribution is 6.13. The normalized spacial score (nSPS) is 13.8. The molecule has 1 aliphatic heterocycles. The number of hydrogen-bond acceptors (Lipinski definition) is 3. The Morgan fingerprint density at radius 2 is 2.09 bits per heavy atom. The van der Waals surface area contributed by atoms with Crippen molar-refractivity contribution in [3.8, 4) is 0 Å². The van der Waals surface area contributed by atoms with E-state index < -0.39 is 0 Å². The lowest BCUT2D eigenvalue weighted by atomic mass is 10.2. The Morgan fingerprint density at radius 3 is 3.00 bits per heavy atom. The van der Waals surface area contributed by atoms with Crippen molar-refractivity contribution >= 4 is 34.6 Å². The van der Waals surface area contributed by atoms with Gasteiger partial charge in [-0.25, -0.2) is 4.39 Å². The van der Waals surface area contributed by atoms with Crippen LogP contribution >= 0.6 is 0 Å². The summed E-state index contributed by atoms with van der Waals surface area (Å²) >= 11 is 0. The Kier molecular flexibility index (Phi) is 2.79. The van der Waals surface area contributed by atoms with Gasteiger partial charge >= 0.3 is 0 Å². The van der Waals surface area contributed by atoms with E-state index in [4.69, 9.17) is 5.73 Å². The Morgan fingerprint density at radius 1 is 1.18 bits per heavy atom. The molecule has 0 spiro atoms. The van der Waals surface area contributed by atoms with Gasteiger partial charge in [0.2, 0.25) is 0 Å². The van der Waals surface area contributed by atoms with E-state index >= 15 is 0 Å². The zero-order valence-electron chi connectivity index (χ0n) is 11.7. The monoisotopic (exact) mass is 292 g/mol. The van der Waals surface area contributed by atoms with Crippen LogP contribution in [0.4, 0.5) is 10.1 Å². The van der Waals surface area contributed by atoms with E-state index in [1.54, 1.807) is 24.5 Å². The van der Waals surface area contributed by atoms with Gasteiger partial charge in [-0.3, -0.25) is 14.5 Å². The highest BCUT2D eigenvalue weighted by Gasteiger charge is 2.08. The number of nitrogen functional groups attached to an aromatic ring is 1. The van der Waals surface area contributed by atoms with Gasteiger partial charge in [0.05, 0.1) is 23.9 Å². The molecule has 0 aliphatic carbocycles. The second kappa shape index (κ2) is 4.80. The van der Waals surface area contributed by atoms with Gasteiger partial charge in [-0.1, -0.05) is 12.1 Å². The summed E-state index contributed by atoms with van der Waals surface area (Å²) in [5.74, 6) is 0.367. The first-order chi connectivity index (χ1) is 10.7. The number of pyridine rings is 1. The molecule has 0 radical (unpaired) electrons. The summed E-state index contributed by atoms with van der Waals surface area (Å²) in [7, 11) is 0. The average molecular weight is 292 g/mol. The number of nitrogens with two attached hydrogens (primary N) is 1. The number of anilines is 1. The van der Waals surface area contributed by atoms with E-state index in [1.165, 1.54) is 0 Å². The maximum atomic E-state index is 14.1. The number of hydrogen-bond donors (Lipinski definition) is 1. The van der Waals surface area contributed by atoms with E-state index in [0.29, 0.717) is 11.8 Å². The summed E-state index contributed by atoms with van der Waals surface area (Å²) in [5.41, 5.74) is 6.76. The molecule has 5 heteroatoms. The quantitative estimate of drug-likeness (QED) is 0.635. The molecule has 1 aliphatic rings. The smallest absolute Gasteiger partial charge is 0.153 e. The number of benzene rings is 1. The van der Waals surface area contributed by atoms with Crippen molar-refractivity contribution < 1.29 is 4.39 Å². The fourth-order valence-electron chi connectivity index (χ4n) is 2.69. The lowest BCUT2D eigenvalue weighted by Crippen LogP contribution is -2.30. The van der Waals surface area contributed by atoms with E-state index in [1.807, 2.05) is 35.0 Å². The van der Waals surface area contributed by atoms with Crippen LogP contribution in [0.1, 0.15) is 0 Å². The molecule has 0 amide bonds. The van der Waals surface area contributed by atoms with Gasteiger partial charge in [-0.2, -0.15) is 0 Å². The summed E-state index contributed by atoms with van der Waals surface area (Å²) < 4.78 is 16.1. The average Bonchev–Trinajstić information content (AvgIpc) is 2.84. The molecule has 0 atom stereocenters. The lowest BCUT2D eigenvalue weighted by Gasteiger charge is -2.04. The molecule has 2 aromatic heterocycles. The molecule has 0 bridgehead atoms. The molecule has 2 N–H and O–H groups in total. The van der Waals surface area contributed by atoms with Crippen LogP contribution in [0.3, 0.4) is 0 Å². The molecule has 22 heavy (non-hydrogen) atoms. The minimum absolute atomic E-state index is 0.155. The molecule has 0 unspecified atom stereocenters. The minimum Gasteiger partial charge on any atom is -0.396 e. The van der Waals surface area contributed by atoms with Crippen LogP contribution in [0.5, 0.6) is 0 Å². The second-order valence-electron chi connectivity index (χ2n) is 5.14. The maximum absolute atomic E-state index is 14.1. The molecule has 3 heterocycles. The molecular formula is C17H13FN4. The molecule has 4 nitrogen and oxygen atoms in total. The first-order valence-electron chi connectivity index (χ1n) is 6.96. The third-order valence-corrected chi connectivity index (χ3v) is 3.82. The largest absolute Gasteiger partial charge is 0.396 e. The zero-order valence-corrected chi connectivity index (χ0v) is 11.7. The molecule has 108 valence electrons. The predicted molar refractivity (Wildman–Crippen MR) is 86.4 cm³/mol. The Bertz CT molecular complexity index is 1030. The zero-order chi connectivity index (χ0) is 15.1. The standard InChI is InChI=1S/C17H13FN4/c18-17-13-4-7-21-16(9-12(13)1-2-14(17)19)22-8-5-11-3-6-20-10-15(11)22/h1-6,8-10H,7,19H2. The number of aromatic nitrogens is 2. The fraction of sp³-hybridized carbons (Fsp3) is 0.0588. The van der Waals surface area contributed by atoms with Crippen molar-refractivity contribution in [1.82, 2.24) is 9.55 Å². The number of aliphatic imine (C=N–C) groups is 1. The van der Waals surface area contributed by atoms with Crippen LogP contribution in [0, 0.1) is 5.82 Å². The molecular weight excluding hydrogens is 279 g/mol. The van der Waals surface area contributed by atoms with Crippen molar-refractivity contribution in [2.24, 2.45) is 4.99 Å². The van der Waals surface area contributed by atoms with Gasteiger partial charge < -0.3 is 5.73 Å². The van der Waals surface area contributed by atoms with E-state index in [-0.39, 0.29) is 11.5 Å². The van der Waals surface area contributed by atoms with Crippen molar-refractivity contribution in [2.75, 3.05) is 12.3 Å². The lowest BCUT2D eigenvalue weighted by molar-refractivity contribution is 0.622. The predicted octanol–water partition coefficient (Wildman–Crippen LogP) is 1.28. The van der Waals surface area contributed by atoms with Crippen LogP contribution in [0.2, 0.25) is 0 Å². The van der Waals surface area contributed by atoms with Gasteiger partial charge in [0, 0.05) is 23.0 Å². The summed E-state index contributed by atoms with van der Waals surface area (Å²) in [6, 6.07) is 7.35. The topological polar surface area (TPSA) is 56.2 Å².